The molecule has 0 aliphatic rings. The number of rotatable bonds is 7. The van der Waals surface area contributed by atoms with Crippen molar-refractivity contribution >= 4 is 11.8 Å². The van der Waals surface area contributed by atoms with E-state index in [9.17, 15) is 9.90 Å². The van der Waals surface area contributed by atoms with E-state index in [1.165, 1.54) is 6.07 Å². The van der Waals surface area contributed by atoms with E-state index in [2.05, 4.69) is 10.3 Å². The number of nitrogens with zero attached hydrogens (tertiary/aromatic N) is 1. The molecule has 0 atom stereocenters. The molecule has 0 aliphatic carbocycles. The zero-order valence-electron chi connectivity index (χ0n) is 10.8. The first-order valence-corrected chi connectivity index (χ1v) is 6.12. The van der Waals surface area contributed by atoms with Crippen LogP contribution in [0.25, 0.3) is 0 Å². The molecule has 1 aromatic heterocycles. The molecular weight excluding hydrogens is 232 g/mol. The van der Waals surface area contributed by atoms with Crippen LogP contribution in [0.2, 0.25) is 0 Å². The molecule has 0 aromatic carbocycles. The number of aromatic carboxylic acids is 1. The number of anilines is 1. The Morgan fingerprint density at radius 3 is 2.56 bits per heavy atom. The van der Waals surface area contributed by atoms with Crippen LogP contribution >= 0.6 is 0 Å². The summed E-state index contributed by atoms with van der Waals surface area (Å²) in [5.41, 5.74) is -0.163. The van der Waals surface area contributed by atoms with Crippen LogP contribution in [0, 0.1) is 5.41 Å². The number of nitrogens with one attached hydrogen (secondary N) is 1. The predicted octanol–water partition coefficient (Wildman–Crippen LogP) is 1.99. The van der Waals surface area contributed by atoms with Crippen LogP contribution in [-0.4, -0.2) is 34.3 Å². The van der Waals surface area contributed by atoms with E-state index in [4.69, 9.17) is 5.11 Å². The molecule has 3 N–H and O–H groups in total. The molecule has 0 saturated carbocycles. The number of pyridine rings is 1. The summed E-state index contributed by atoms with van der Waals surface area (Å²) in [5, 5.41) is 21.4. The molecule has 0 spiro atoms. The molecule has 100 valence electrons. The van der Waals surface area contributed by atoms with E-state index in [0.717, 1.165) is 12.8 Å². The minimum atomic E-state index is -1.04. The van der Waals surface area contributed by atoms with Crippen molar-refractivity contribution in [1.82, 2.24) is 4.98 Å². The van der Waals surface area contributed by atoms with Crippen molar-refractivity contribution in [3.8, 4) is 0 Å². The number of hydrogen-bond donors (Lipinski definition) is 3. The maximum atomic E-state index is 10.8. The maximum Gasteiger partial charge on any atom is 0.354 e. The van der Waals surface area contributed by atoms with E-state index in [-0.39, 0.29) is 17.7 Å². The van der Waals surface area contributed by atoms with Crippen molar-refractivity contribution < 1.29 is 15.0 Å². The Bertz CT molecular complexity index is 395. The summed E-state index contributed by atoms with van der Waals surface area (Å²) in [7, 11) is 0. The highest BCUT2D eigenvalue weighted by Crippen LogP contribution is 2.25. The molecule has 0 amide bonds. The van der Waals surface area contributed by atoms with E-state index in [1.54, 1.807) is 12.1 Å². The number of hydrogen-bond acceptors (Lipinski definition) is 4. The number of aliphatic hydroxyl groups excluding tert-OH is 1. The highest BCUT2D eigenvalue weighted by molar-refractivity contribution is 5.85. The van der Waals surface area contributed by atoms with Gasteiger partial charge in [-0.15, -0.1) is 0 Å². The van der Waals surface area contributed by atoms with Gasteiger partial charge >= 0.3 is 5.97 Å². The smallest absolute Gasteiger partial charge is 0.354 e. The molecule has 0 saturated heterocycles. The maximum absolute atomic E-state index is 10.8. The third-order valence-corrected chi connectivity index (χ3v) is 3.45. The van der Waals surface area contributed by atoms with Gasteiger partial charge in [0.2, 0.25) is 0 Å². The summed E-state index contributed by atoms with van der Waals surface area (Å²) >= 11 is 0. The Morgan fingerprint density at radius 1 is 1.39 bits per heavy atom. The normalized spacial score (nSPS) is 11.3. The van der Waals surface area contributed by atoms with Gasteiger partial charge < -0.3 is 15.5 Å². The average molecular weight is 252 g/mol. The second-order valence-corrected chi connectivity index (χ2v) is 4.43. The number of aliphatic hydroxyl groups is 1. The lowest BCUT2D eigenvalue weighted by atomic mass is 9.83. The molecule has 1 heterocycles. The zero-order chi connectivity index (χ0) is 13.6. The second-order valence-electron chi connectivity index (χ2n) is 4.43. The third-order valence-electron chi connectivity index (χ3n) is 3.45. The topological polar surface area (TPSA) is 82.5 Å². The molecule has 1 aromatic rings. The van der Waals surface area contributed by atoms with Crippen molar-refractivity contribution in [3.05, 3.63) is 23.9 Å². The summed E-state index contributed by atoms with van der Waals surface area (Å²) in [6, 6.07) is 4.82. The first-order valence-electron chi connectivity index (χ1n) is 6.12. The fourth-order valence-electron chi connectivity index (χ4n) is 1.71. The number of carboxylic acid groups (broad SMARTS) is 1. The molecule has 0 unspecified atom stereocenters. The van der Waals surface area contributed by atoms with Gasteiger partial charge in [0.15, 0.2) is 5.69 Å². The summed E-state index contributed by atoms with van der Waals surface area (Å²) in [5.74, 6) is -0.521. The van der Waals surface area contributed by atoms with Crippen molar-refractivity contribution in [3.63, 3.8) is 0 Å². The highest BCUT2D eigenvalue weighted by Gasteiger charge is 2.25. The fraction of sp³-hybridized carbons (Fsp3) is 0.538. The molecule has 0 aliphatic heterocycles. The third kappa shape index (κ3) is 3.43. The summed E-state index contributed by atoms with van der Waals surface area (Å²) < 4.78 is 0. The van der Waals surface area contributed by atoms with E-state index in [1.807, 2.05) is 13.8 Å². The SMILES string of the molecule is CCC(CC)(CO)CNc1cccc(C(=O)O)n1. The monoisotopic (exact) mass is 252 g/mol. The lowest BCUT2D eigenvalue weighted by Gasteiger charge is -2.29. The Morgan fingerprint density at radius 2 is 2.06 bits per heavy atom. The standard InChI is InChI=1S/C13H20N2O3/c1-3-13(4-2,9-16)8-14-11-7-5-6-10(15-11)12(17)18/h5-7,16H,3-4,8-9H2,1-2H3,(H,14,15)(H,17,18). The van der Waals surface area contributed by atoms with Crippen molar-refractivity contribution in [2.24, 2.45) is 5.41 Å². The van der Waals surface area contributed by atoms with Crippen LogP contribution in [0.1, 0.15) is 37.2 Å². The van der Waals surface area contributed by atoms with Crippen molar-refractivity contribution in [2.45, 2.75) is 26.7 Å². The Labute approximate surface area is 107 Å². The first kappa shape index (κ1) is 14.4. The van der Waals surface area contributed by atoms with Crippen molar-refractivity contribution in [2.75, 3.05) is 18.5 Å². The van der Waals surface area contributed by atoms with E-state index >= 15 is 0 Å². The second kappa shape index (κ2) is 6.35. The Hall–Kier alpha value is -1.62. The minimum Gasteiger partial charge on any atom is -0.477 e. The number of carbonyl (C=O) groups is 1. The van der Waals surface area contributed by atoms with Gasteiger partial charge in [0.1, 0.15) is 5.82 Å². The summed E-state index contributed by atoms with van der Waals surface area (Å²) in [6.07, 6.45) is 1.71. The van der Waals surface area contributed by atoms with Gasteiger partial charge in [-0.3, -0.25) is 0 Å². The van der Waals surface area contributed by atoms with Gasteiger partial charge in [0.05, 0.1) is 6.61 Å². The average Bonchev–Trinajstić information content (AvgIpc) is 2.41. The minimum absolute atomic E-state index is 0.0163. The van der Waals surface area contributed by atoms with Crippen LogP contribution in [0.15, 0.2) is 18.2 Å². The summed E-state index contributed by atoms with van der Waals surface area (Å²) in [6.45, 7) is 4.74. The Kier molecular flexibility index (Phi) is 5.09. The van der Waals surface area contributed by atoms with Crippen molar-refractivity contribution in [1.29, 1.82) is 0 Å². The number of aromatic nitrogens is 1. The quantitative estimate of drug-likeness (QED) is 0.691. The van der Waals surface area contributed by atoms with E-state index in [0.29, 0.717) is 12.4 Å². The molecule has 0 bridgehead atoms. The molecule has 5 nitrogen and oxygen atoms in total. The highest BCUT2D eigenvalue weighted by atomic mass is 16.4. The Balaban J connectivity index is 2.73. The van der Waals surface area contributed by atoms with Gasteiger partial charge in [0.25, 0.3) is 0 Å². The molecular formula is C13H20N2O3. The lowest BCUT2D eigenvalue weighted by Crippen LogP contribution is -2.32. The predicted molar refractivity (Wildman–Crippen MR) is 69.8 cm³/mol. The van der Waals surface area contributed by atoms with Crippen LogP contribution in [0.3, 0.4) is 0 Å². The van der Waals surface area contributed by atoms with Crippen LogP contribution in [0.4, 0.5) is 5.82 Å². The van der Waals surface area contributed by atoms with Gasteiger partial charge in [-0.25, -0.2) is 9.78 Å². The largest absolute Gasteiger partial charge is 0.477 e. The zero-order valence-corrected chi connectivity index (χ0v) is 10.8. The fourth-order valence-corrected chi connectivity index (χ4v) is 1.71. The van der Waals surface area contributed by atoms with Gasteiger partial charge in [0, 0.05) is 12.0 Å². The number of carboxylic acids is 1. The molecule has 1 rings (SSSR count). The molecule has 0 fully saturated rings. The van der Waals surface area contributed by atoms with Crippen LogP contribution in [0.5, 0.6) is 0 Å². The molecule has 0 radical (unpaired) electrons. The molecule has 5 heteroatoms. The van der Waals surface area contributed by atoms with Gasteiger partial charge in [-0.2, -0.15) is 0 Å². The molecule has 18 heavy (non-hydrogen) atoms. The van der Waals surface area contributed by atoms with Crippen LogP contribution in [-0.2, 0) is 0 Å². The van der Waals surface area contributed by atoms with E-state index < -0.39 is 5.97 Å². The lowest BCUT2D eigenvalue weighted by molar-refractivity contribution is 0.0690. The first-order chi connectivity index (χ1) is 8.56. The van der Waals surface area contributed by atoms with Gasteiger partial charge in [-0.05, 0) is 25.0 Å². The van der Waals surface area contributed by atoms with Crippen LogP contribution < -0.4 is 5.32 Å². The summed E-state index contributed by atoms with van der Waals surface area (Å²) in [4.78, 5) is 14.8. The van der Waals surface area contributed by atoms with Gasteiger partial charge in [-0.1, -0.05) is 19.9 Å².